The lowest BCUT2D eigenvalue weighted by Crippen LogP contribution is -2.24. The molecule has 2 heteroatoms. The average Bonchev–Trinajstić information content (AvgIpc) is 1.59. The quantitative estimate of drug-likeness (QED) is 0.522. The minimum absolute atomic E-state index is 0.209. The van der Waals surface area contributed by atoms with Crippen LogP contribution in [0, 0.1) is 5.92 Å². The fourth-order valence-electron chi connectivity index (χ4n) is 1.37. The van der Waals surface area contributed by atoms with Gasteiger partial charge in [-0.15, -0.1) is 0 Å². The number of aliphatic hydroxyl groups is 1. The van der Waals surface area contributed by atoms with Gasteiger partial charge in [0.15, 0.2) is 0 Å². The second-order valence-corrected chi connectivity index (χ2v) is 2.94. The van der Waals surface area contributed by atoms with E-state index in [1.165, 1.54) is 0 Å². The lowest BCUT2D eigenvalue weighted by Gasteiger charge is -2.20. The largest absolute Gasteiger partial charge is 0.393 e. The van der Waals surface area contributed by atoms with Crippen molar-refractivity contribution in [3.8, 4) is 0 Å². The van der Waals surface area contributed by atoms with E-state index in [4.69, 9.17) is 5.11 Å². The van der Waals surface area contributed by atoms with Crippen molar-refractivity contribution in [2.45, 2.75) is 32.3 Å². The molecule has 0 heterocycles. The zero-order valence-electron chi connectivity index (χ0n) is 5.63. The summed E-state index contributed by atoms with van der Waals surface area (Å²) in [6.07, 6.45) is 1.48. The Morgan fingerprint density at radius 1 is 1.56 bits per heavy atom. The third-order valence-electron chi connectivity index (χ3n) is 1.71. The lowest BCUT2D eigenvalue weighted by molar-refractivity contribution is -0.124. The van der Waals surface area contributed by atoms with E-state index in [-0.39, 0.29) is 11.9 Å². The van der Waals surface area contributed by atoms with Gasteiger partial charge in [-0.1, -0.05) is 6.92 Å². The number of ketones is 1. The summed E-state index contributed by atoms with van der Waals surface area (Å²) in [5.41, 5.74) is 0. The molecule has 52 valence electrons. The van der Waals surface area contributed by atoms with Crippen LogP contribution in [0.5, 0.6) is 0 Å². The number of carbonyl (C=O) groups is 1. The highest BCUT2D eigenvalue weighted by atomic mass is 16.3. The highest BCUT2D eigenvalue weighted by Crippen LogP contribution is 2.20. The first-order valence-corrected chi connectivity index (χ1v) is 3.38. The molecule has 0 radical (unpaired) electrons. The molecule has 0 spiro atoms. The summed E-state index contributed by atoms with van der Waals surface area (Å²) in [5, 5.41) is 9.03. The van der Waals surface area contributed by atoms with Crippen molar-refractivity contribution in [2.75, 3.05) is 0 Å². The SMILES string of the molecule is CC1CC(=O)CC(O)C1. The summed E-state index contributed by atoms with van der Waals surface area (Å²) < 4.78 is 0. The molecule has 1 rings (SSSR count). The second-order valence-electron chi connectivity index (χ2n) is 2.94. The fourth-order valence-corrected chi connectivity index (χ4v) is 1.37. The Bertz CT molecular complexity index is 108. The third kappa shape index (κ3) is 1.79. The van der Waals surface area contributed by atoms with E-state index in [0.29, 0.717) is 18.8 Å². The summed E-state index contributed by atoms with van der Waals surface area (Å²) in [7, 11) is 0. The minimum atomic E-state index is -0.360. The van der Waals surface area contributed by atoms with Crippen LogP contribution in [0.1, 0.15) is 26.2 Å². The van der Waals surface area contributed by atoms with Gasteiger partial charge in [0.1, 0.15) is 5.78 Å². The standard InChI is InChI=1S/C7H12O2/c1-5-2-6(8)4-7(9)3-5/h5-6,8H,2-4H2,1H3. The lowest BCUT2D eigenvalue weighted by atomic mass is 9.88. The molecule has 1 aliphatic carbocycles. The van der Waals surface area contributed by atoms with Gasteiger partial charge in [-0.25, -0.2) is 0 Å². The molecule has 2 atom stereocenters. The Balaban J connectivity index is 2.43. The fraction of sp³-hybridized carbons (Fsp3) is 0.857. The van der Waals surface area contributed by atoms with Gasteiger partial charge < -0.3 is 5.11 Å². The molecule has 2 unspecified atom stereocenters. The van der Waals surface area contributed by atoms with Gasteiger partial charge in [0, 0.05) is 12.8 Å². The smallest absolute Gasteiger partial charge is 0.135 e. The Kier molecular flexibility index (Phi) is 1.86. The Hall–Kier alpha value is -0.370. The maximum atomic E-state index is 10.7. The van der Waals surface area contributed by atoms with Gasteiger partial charge in [-0.2, -0.15) is 0 Å². The minimum Gasteiger partial charge on any atom is -0.393 e. The van der Waals surface area contributed by atoms with E-state index in [1.807, 2.05) is 6.92 Å². The van der Waals surface area contributed by atoms with E-state index in [2.05, 4.69) is 0 Å². The third-order valence-corrected chi connectivity index (χ3v) is 1.71. The number of carbonyl (C=O) groups excluding carboxylic acids is 1. The molecule has 0 amide bonds. The van der Waals surface area contributed by atoms with Gasteiger partial charge in [0.2, 0.25) is 0 Å². The van der Waals surface area contributed by atoms with Crippen molar-refractivity contribution >= 4 is 5.78 Å². The van der Waals surface area contributed by atoms with Gasteiger partial charge in [-0.3, -0.25) is 4.79 Å². The first kappa shape index (κ1) is 6.75. The highest BCUT2D eigenvalue weighted by Gasteiger charge is 2.22. The molecular formula is C7H12O2. The summed E-state index contributed by atoms with van der Waals surface area (Å²) in [4.78, 5) is 10.7. The van der Waals surface area contributed by atoms with Crippen LogP contribution in [0.2, 0.25) is 0 Å². The molecule has 1 N–H and O–H groups in total. The molecule has 0 aromatic carbocycles. The summed E-state index contributed by atoms with van der Waals surface area (Å²) in [5.74, 6) is 0.600. The highest BCUT2D eigenvalue weighted by molar-refractivity contribution is 5.79. The number of hydrogen-bond acceptors (Lipinski definition) is 2. The van der Waals surface area contributed by atoms with Gasteiger partial charge >= 0.3 is 0 Å². The zero-order valence-corrected chi connectivity index (χ0v) is 5.63. The zero-order chi connectivity index (χ0) is 6.85. The molecule has 9 heavy (non-hydrogen) atoms. The monoisotopic (exact) mass is 128 g/mol. The summed E-state index contributed by atoms with van der Waals surface area (Å²) in [6, 6.07) is 0. The Morgan fingerprint density at radius 2 is 2.22 bits per heavy atom. The molecule has 0 bridgehead atoms. The van der Waals surface area contributed by atoms with Crippen LogP contribution in [0.25, 0.3) is 0 Å². The van der Waals surface area contributed by atoms with Crippen LogP contribution in [0.15, 0.2) is 0 Å². The van der Waals surface area contributed by atoms with Crippen LogP contribution in [0.4, 0.5) is 0 Å². The van der Waals surface area contributed by atoms with Crippen LogP contribution in [0.3, 0.4) is 0 Å². The van der Waals surface area contributed by atoms with E-state index in [1.54, 1.807) is 0 Å². The molecule has 1 fully saturated rings. The maximum absolute atomic E-state index is 10.7. The summed E-state index contributed by atoms with van der Waals surface area (Å²) in [6.45, 7) is 2.00. The van der Waals surface area contributed by atoms with Crippen molar-refractivity contribution in [1.29, 1.82) is 0 Å². The topological polar surface area (TPSA) is 37.3 Å². The predicted octanol–water partition coefficient (Wildman–Crippen LogP) is 0.736. The van der Waals surface area contributed by atoms with Crippen molar-refractivity contribution < 1.29 is 9.90 Å². The number of hydrogen-bond donors (Lipinski definition) is 1. The normalized spacial score (nSPS) is 36.9. The van der Waals surface area contributed by atoms with Crippen molar-refractivity contribution in [2.24, 2.45) is 5.92 Å². The average molecular weight is 128 g/mol. The van der Waals surface area contributed by atoms with E-state index in [0.717, 1.165) is 6.42 Å². The van der Waals surface area contributed by atoms with Crippen molar-refractivity contribution in [3.63, 3.8) is 0 Å². The second kappa shape index (κ2) is 2.48. The first-order valence-electron chi connectivity index (χ1n) is 3.38. The molecule has 0 aliphatic heterocycles. The number of rotatable bonds is 0. The van der Waals surface area contributed by atoms with Crippen LogP contribution < -0.4 is 0 Å². The van der Waals surface area contributed by atoms with Crippen molar-refractivity contribution in [3.05, 3.63) is 0 Å². The number of Topliss-reactive ketones (excluding diaryl/α,β-unsaturated/α-hetero) is 1. The van der Waals surface area contributed by atoms with Crippen molar-refractivity contribution in [1.82, 2.24) is 0 Å². The molecule has 0 aromatic heterocycles. The molecule has 0 saturated heterocycles. The molecule has 2 nitrogen and oxygen atoms in total. The summed E-state index contributed by atoms with van der Waals surface area (Å²) >= 11 is 0. The number of aliphatic hydroxyl groups excluding tert-OH is 1. The van der Waals surface area contributed by atoms with E-state index in [9.17, 15) is 4.79 Å². The Labute approximate surface area is 54.9 Å². The van der Waals surface area contributed by atoms with Gasteiger partial charge in [-0.05, 0) is 12.3 Å². The maximum Gasteiger partial charge on any atom is 0.135 e. The van der Waals surface area contributed by atoms with Crippen LogP contribution >= 0.6 is 0 Å². The van der Waals surface area contributed by atoms with E-state index < -0.39 is 0 Å². The molecule has 0 aromatic rings. The first-order chi connectivity index (χ1) is 4.18. The van der Waals surface area contributed by atoms with Gasteiger partial charge in [0.25, 0.3) is 0 Å². The molecule has 1 aliphatic rings. The Morgan fingerprint density at radius 3 is 2.67 bits per heavy atom. The molecule has 1 saturated carbocycles. The molecular weight excluding hydrogens is 116 g/mol. The predicted molar refractivity (Wildman–Crippen MR) is 34.0 cm³/mol. The van der Waals surface area contributed by atoms with E-state index >= 15 is 0 Å². The van der Waals surface area contributed by atoms with Crippen LogP contribution in [-0.2, 0) is 4.79 Å². The van der Waals surface area contributed by atoms with Gasteiger partial charge in [0.05, 0.1) is 6.10 Å². The van der Waals surface area contributed by atoms with Crippen LogP contribution in [-0.4, -0.2) is 17.0 Å².